The summed E-state index contributed by atoms with van der Waals surface area (Å²) in [5, 5.41) is 14.3. The maximum Gasteiger partial charge on any atom is 0.277 e. The molecule has 2 aromatic rings. The zero-order valence-corrected chi connectivity index (χ0v) is 13.9. The van der Waals surface area contributed by atoms with Gasteiger partial charge in [0.1, 0.15) is 0 Å². The van der Waals surface area contributed by atoms with Gasteiger partial charge in [-0.1, -0.05) is 17.3 Å². The van der Waals surface area contributed by atoms with Crippen LogP contribution in [-0.2, 0) is 11.3 Å². The van der Waals surface area contributed by atoms with E-state index in [-0.39, 0.29) is 5.91 Å². The Bertz CT molecular complexity index is 679. The second-order valence-corrected chi connectivity index (χ2v) is 5.86. The minimum absolute atomic E-state index is 0.247. The van der Waals surface area contributed by atoms with Gasteiger partial charge in [0.15, 0.2) is 5.69 Å². The summed E-state index contributed by atoms with van der Waals surface area (Å²) in [6.45, 7) is 5.09. The molecule has 24 heavy (non-hydrogen) atoms. The Balaban J connectivity index is 1.63. The van der Waals surface area contributed by atoms with Crippen molar-refractivity contribution in [1.82, 2.24) is 20.3 Å². The summed E-state index contributed by atoms with van der Waals surface area (Å²) in [5.74, 6) is -0.247. The first-order valence-electron chi connectivity index (χ1n) is 8.37. The van der Waals surface area contributed by atoms with Crippen LogP contribution in [0.3, 0.4) is 0 Å². The van der Waals surface area contributed by atoms with E-state index in [2.05, 4.69) is 20.9 Å². The Labute approximate surface area is 141 Å². The molecule has 3 rings (SSSR count). The Morgan fingerprint density at radius 1 is 1.42 bits per heavy atom. The highest BCUT2D eigenvalue weighted by atomic mass is 16.5. The van der Waals surface area contributed by atoms with Gasteiger partial charge in [0, 0.05) is 12.3 Å². The molecule has 1 aromatic heterocycles. The van der Waals surface area contributed by atoms with E-state index < -0.39 is 0 Å². The van der Waals surface area contributed by atoms with Gasteiger partial charge in [-0.3, -0.25) is 4.79 Å². The van der Waals surface area contributed by atoms with E-state index in [0.717, 1.165) is 37.2 Å². The van der Waals surface area contributed by atoms with E-state index in [0.29, 0.717) is 24.9 Å². The molecule has 128 valence electrons. The third-order valence-corrected chi connectivity index (χ3v) is 4.08. The van der Waals surface area contributed by atoms with Crippen molar-refractivity contribution in [2.75, 3.05) is 25.0 Å². The van der Waals surface area contributed by atoms with Gasteiger partial charge in [0.05, 0.1) is 18.8 Å². The fourth-order valence-electron chi connectivity index (χ4n) is 2.78. The zero-order chi connectivity index (χ0) is 16.8. The number of ether oxygens (including phenoxy) is 1. The fourth-order valence-corrected chi connectivity index (χ4v) is 2.78. The number of carbonyl (C=O) groups excluding carboxylic acids is 1. The van der Waals surface area contributed by atoms with Crippen molar-refractivity contribution < 1.29 is 9.53 Å². The highest BCUT2D eigenvalue weighted by Crippen LogP contribution is 2.18. The second-order valence-electron chi connectivity index (χ2n) is 5.86. The number of rotatable bonds is 6. The third-order valence-electron chi connectivity index (χ3n) is 4.08. The van der Waals surface area contributed by atoms with Crippen molar-refractivity contribution in [1.29, 1.82) is 0 Å². The van der Waals surface area contributed by atoms with Crippen LogP contribution < -0.4 is 10.6 Å². The SMILES string of the molecule is CCOCc1cccc(NC(=O)c2cn(C3CCNCC3)nn2)c1. The number of nitrogens with one attached hydrogen (secondary N) is 2. The summed E-state index contributed by atoms with van der Waals surface area (Å²) in [7, 11) is 0. The van der Waals surface area contributed by atoms with Crippen LogP contribution in [0.15, 0.2) is 30.5 Å². The first-order valence-corrected chi connectivity index (χ1v) is 8.37. The van der Waals surface area contributed by atoms with Crippen LogP contribution in [0.5, 0.6) is 0 Å². The summed E-state index contributed by atoms with van der Waals surface area (Å²) in [6, 6.07) is 7.94. The lowest BCUT2D eigenvalue weighted by atomic mass is 10.1. The number of amides is 1. The summed E-state index contributed by atoms with van der Waals surface area (Å²) in [5.41, 5.74) is 2.09. The predicted molar refractivity (Wildman–Crippen MR) is 90.9 cm³/mol. The highest BCUT2D eigenvalue weighted by Gasteiger charge is 2.18. The van der Waals surface area contributed by atoms with E-state index in [9.17, 15) is 4.79 Å². The van der Waals surface area contributed by atoms with Gasteiger partial charge in [-0.05, 0) is 50.6 Å². The second kappa shape index (κ2) is 8.03. The Kier molecular flexibility index (Phi) is 5.55. The minimum Gasteiger partial charge on any atom is -0.377 e. The molecule has 2 N–H and O–H groups in total. The first-order chi connectivity index (χ1) is 11.8. The number of nitrogens with zero attached hydrogens (tertiary/aromatic N) is 3. The van der Waals surface area contributed by atoms with Gasteiger partial charge in [-0.15, -0.1) is 5.10 Å². The molecular weight excluding hydrogens is 306 g/mol. The number of aromatic nitrogens is 3. The molecule has 1 aliphatic heterocycles. The summed E-state index contributed by atoms with van der Waals surface area (Å²) in [6.07, 6.45) is 3.74. The quantitative estimate of drug-likeness (QED) is 0.847. The van der Waals surface area contributed by atoms with Crippen LogP contribution in [0, 0.1) is 0 Å². The van der Waals surface area contributed by atoms with Crippen molar-refractivity contribution in [2.45, 2.75) is 32.4 Å². The van der Waals surface area contributed by atoms with Gasteiger partial charge < -0.3 is 15.4 Å². The van der Waals surface area contributed by atoms with Crippen molar-refractivity contribution in [3.8, 4) is 0 Å². The molecule has 0 radical (unpaired) electrons. The largest absolute Gasteiger partial charge is 0.377 e. The molecule has 1 aliphatic rings. The predicted octanol–water partition coefficient (Wildman–Crippen LogP) is 1.99. The van der Waals surface area contributed by atoms with Crippen LogP contribution in [-0.4, -0.2) is 40.6 Å². The van der Waals surface area contributed by atoms with Crippen molar-refractivity contribution >= 4 is 11.6 Å². The van der Waals surface area contributed by atoms with Gasteiger partial charge in [0.25, 0.3) is 5.91 Å². The summed E-state index contributed by atoms with van der Waals surface area (Å²) < 4.78 is 7.20. The molecule has 1 saturated heterocycles. The minimum atomic E-state index is -0.247. The van der Waals surface area contributed by atoms with Crippen LogP contribution >= 0.6 is 0 Å². The molecule has 7 heteroatoms. The molecule has 2 heterocycles. The molecule has 0 atom stereocenters. The summed E-state index contributed by atoms with van der Waals surface area (Å²) in [4.78, 5) is 12.4. The highest BCUT2D eigenvalue weighted by molar-refractivity contribution is 6.02. The van der Waals surface area contributed by atoms with Crippen LogP contribution in [0.1, 0.15) is 41.9 Å². The smallest absolute Gasteiger partial charge is 0.277 e. The monoisotopic (exact) mass is 329 g/mol. The maximum atomic E-state index is 12.4. The van der Waals surface area contributed by atoms with E-state index in [1.165, 1.54) is 0 Å². The molecule has 1 amide bonds. The van der Waals surface area contributed by atoms with Gasteiger partial charge in [-0.25, -0.2) is 4.68 Å². The number of piperidine rings is 1. The lowest BCUT2D eigenvalue weighted by molar-refractivity contribution is 0.102. The number of anilines is 1. The first kappa shape index (κ1) is 16.6. The van der Waals surface area contributed by atoms with E-state index in [1.807, 2.05) is 31.2 Å². The topological polar surface area (TPSA) is 81.1 Å². The average Bonchev–Trinajstić information content (AvgIpc) is 3.11. The molecule has 0 saturated carbocycles. The van der Waals surface area contributed by atoms with Crippen LogP contribution in [0.4, 0.5) is 5.69 Å². The molecule has 1 fully saturated rings. The van der Waals surface area contributed by atoms with E-state index in [4.69, 9.17) is 4.74 Å². The lowest BCUT2D eigenvalue weighted by Crippen LogP contribution is -2.29. The van der Waals surface area contributed by atoms with Crippen molar-refractivity contribution in [3.63, 3.8) is 0 Å². The van der Waals surface area contributed by atoms with Crippen molar-refractivity contribution in [3.05, 3.63) is 41.7 Å². The fraction of sp³-hybridized carbons (Fsp3) is 0.471. The number of benzene rings is 1. The zero-order valence-electron chi connectivity index (χ0n) is 13.9. The molecule has 0 aliphatic carbocycles. The normalized spacial score (nSPS) is 15.4. The molecule has 7 nitrogen and oxygen atoms in total. The van der Waals surface area contributed by atoms with Crippen molar-refractivity contribution in [2.24, 2.45) is 0 Å². The van der Waals surface area contributed by atoms with Crippen LogP contribution in [0.25, 0.3) is 0 Å². The molecule has 0 bridgehead atoms. The van der Waals surface area contributed by atoms with Crippen LogP contribution in [0.2, 0.25) is 0 Å². The van der Waals surface area contributed by atoms with E-state index >= 15 is 0 Å². The van der Waals surface area contributed by atoms with E-state index in [1.54, 1.807) is 10.9 Å². The molecule has 0 spiro atoms. The average molecular weight is 329 g/mol. The number of hydrogen-bond donors (Lipinski definition) is 2. The van der Waals surface area contributed by atoms with Gasteiger partial charge >= 0.3 is 0 Å². The van der Waals surface area contributed by atoms with Gasteiger partial charge in [-0.2, -0.15) is 0 Å². The Hall–Kier alpha value is -2.25. The molecular formula is C17H23N5O2. The molecule has 0 unspecified atom stereocenters. The maximum absolute atomic E-state index is 12.4. The number of carbonyl (C=O) groups is 1. The molecule has 1 aromatic carbocycles. The lowest BCUT2D eigenvalue weighted by Gasteiger charge is -2.22. The van der Waals surface area contributed by atoms with Gasteiger partial charge in [0.2, 0.25) is 0 Å². The number of hydrogen-bond acceptors (Lipinski definition) is 5. The third kappa shape index (κ3) is 4.18. The summed E-state index contributed by atoms with van der Waals surface area (Å²) >= 11 is 0. The Morgan fingerprint density at radius 3 is 3.04 bits per heavy atom. The Morgan fingerprint density at radius 2 is 2.25 bits per heavy atom. The standard InChI is InChI=1S/C17H23N5O2/c1-2-24-12-13-4-3-5-14(10-13)19-17(23)16-11-22(21-20-16)15-6-8-18-9-7-15/h3-5,10-11,15,18H,2,6-9,12H2,1H3,(H,19,23).